The van der Waals surface area contributed by atoms with E-state index in [1.165, 1.54) is 11.1 Å². The van der Waals surface area contributed by atoms with E-state index in [1.54, 1.807) is 0 Å². The second-order valence-corrected chi connectivity index (χ2v) is 6.13. The molecule has 0 bridgehead atoms. The third-order valence-corrected chi connectivity index (χ3v) is 5.02. The molecule has 112 valence electrons. The van der Waals surface area contributed by atoms with Gasteiger partial charge in [0.05, 0.1) is 11.8 Å². The first-order chi connectivity index (χ1) is 10.1. The van der Waals surface area contributed by atoms with Crippen LogP contribution in [0, 0.1) is 11.8 Å². The first-order valence-electron chi connectivity index (χ1n) is 7.72. The number of benzene rings is 1. The maximum Gasteiger partial charge on any atom is 0.307 e. The van der Waals surface area contributed by atoms with Crippen molar-refractivity contribution < 1.29 is 14.7 Å². The van der Waals surface area contributed by atoms with Crippen LogP contribution in [0.25, 0.3) is 0 Å². The summed E-state index contributed by atoms with van der Waals surface area (Å²) in [6, 6.07) is 8.43. The number of carbonyl (C=O) groups excluding carboxylic acids is 1. The Labute approximate surface area is 124 Å². The van der Waals surface area contributed by atoms with Crippen LogP contribution in [0.5, 0.6) is 0 Å². The molecule has 4 heteroatoms. The van der Waals surface area contributed by atoms with Gasteiger partial charge >= 0.3 is 5.97 Å². The number of hydrogen-bond acceptors (Lipinski definition) is 2. The Morgan fingerprint density at radius 2 is 1.86 bits per heavy atom. The standard InChI is InChI=1S/C17H21NO3/c1-2-13-9-11-5-3-4-6-12(11)10-18(13)16(19)14-7-8-15(14)17(20)21/h3-6,13-15H,2,7-10H2,1H3,(H,20,21). The lowest BCUT2D eigenvalue weighted by molar-refractivity contribution is -0.158. The summed E-state index contributed by atoms with van der Waals surface area (Å²) in [7, 11) is 0. The number of rotatable bonds is 3. The zero-order chi connectivity index (χ0) is 15.0. The van der Waals surface area contributed by atoms with Crippen molar-refractivity contribution in [3.8, 4) is 0 Å². The van der Waals surface area contributed by atoms with Crippen LogP contribution in [-0.2, 0) is 22.6 Å². The second kappa shape index (κ2) is 5.51. The van der Waals surface area contributed by atoms with Gasteiger partial charge in [-0.2, -0.15) is 0 Å². The van der Waals surface area contributed by atoms with Gasteiger partial charge in [0.1, 0.15) is 0 Å². The molecule has 3 rings (SSSR count). The van der Waals surface area contributed by atoms with Crippen molar-refractivity contribution in [1.29, 1.82) is 0 Å². The molecule has 1 amide bonds. The highest BCUT2D eigenvalue weighted by molar-refractivity contribution is 5.86. The number of carbonyl (C=O) groups is 2. The minimum Gasteiger partial charge on any atom is -0.481 e. The van der Waals surface area contributed by atoms with E-state index in [2.05, 4.69) is 19.1 Å². The summed E-state index contributed by atoms with van der Waals surface area (Å²) in [6.45, 7) is 2.71. The lowest BCUT2D eigenvalue weighted by Gasteiger charge is -2.42. The van der Waals surface area contributed by atoms with Crippen LogP contribution < -0.4 is 0 Å². The van der Waals surface area contributed by atoms with Gasteiger partial charge in [0.25, 0.3) is 0 Å². The summed E-state index contributed by atoms with van der Waals surface area (Å²) in [5, 5.41) is 9.16. The summed E-state index contributed by atoms with van der Waals surface area (Å²) in [5.74, 6) is -1.59. The maximum absolute atomic E-state index is 12.7. The molecule has 1 heterocycles. The van der Waals surface area contributed by atoms with Crippen molar-refractivity contribution in [2.75, 3.05) is 0 Å². The fourth-order valence-corrected chi connectivity index (χ4v) is 3.51. The Morgan fingerprint density at radius 1 is 1.19 bits per heavy atom. The number of carboxylic acids is 1. The molecule has 1 aliphatic heterocycles. The Morgan fingerprint density at radius 3 is 2.43 bits per heavy atom. The summed E-state index contributed by atoms with van der Waals surface area (Å²) in [4.78, 5) is 25.8. The number of aliphatic carboxylic acids is 1. The van der Waals surface area contributed by atoms with Gasteiger partial charge in [-0.15, -0.1) is 0 Å². The van der Waals surface area contributed by atoms with Crippen LogP contribution in [0.2, 0.25) is 0 Å². The smallest absolute Gasteiger partial charge is 0.307 e. The first kappa shape index (κ1) is 14.1. The number of nitrogens with zero attached hydrogens (tertiary/aromatic N) is 1. The van der Waals surface area contributed by atoms with Crippen LogP contribution in [0.4, 0.5) is 0 Å². The molecule has 1 aromatic rings. The van der Waals surface area contributed by atoms with Crippen LogP contribution in [0.1, 0.15) is 37.3 Å². The molecule has 2 aliphatic rings. The maximum atomic E-state index is 12.7. The zero-order valence-corrected chi connectivity index (χ0v) is 12.3. The SMILES string of the molecule is CCC1Cc2ccccc2CN1C(=O)C1CCC1C(=O)O. The van der Waals surface area contributed by atoms with E-state index in [0.29, 0.717) is 19.4 Å². The van der Waals surface area contributed by atoms with Gasteiger partial charge in [0.2, 0.25) is 5.91 Å². The molecular weight excluding hydrogens is 266 g/mol. The fraction of sp³-hybridized carbons (Fsp3) is 0.529. The summed E-state index contributed by atoms with van der Waals surface area (Å²) in [6.07, 6.45) is 3.13. The van der Waals surface area contributed by atoms with Crippen molar-refractivity contribution >= 4 is 11.9 Å². The summed E-state index contributed by atoms with van der Waals surface area (Å²) < 4.78 is 0. The van der Waals surface area contributed by atoms with Gasteiger partial charge in [0.15, 0.2) is 0 Å². The van der Waals surface area contributed by atoms with Gasteiger partial charge in [-0.05, 0) is 36.8 Å². The molecule has 0 saturated heterocycles. The van der Waals surface area contributed by atoms with E-state index < -0.39 is 11.9 Å². The number of amides is 1. The number of hydrogen-bond donors (Lipinski definition) is 1. The lowest BCUT2D eigenvalue weighted by Crippen LogP contribution is -2.51. The average molecular weight is 287 g/mol. The van der Waals surface area contributed by atoms with E-state index in [-0.39, 0.29) is 17.9 Å². The van der Waals surface area contributed by atoms with Gasteiger partial charge in [-0.1, -0.05) is 31.2 Å². The monoisotopic (exact) mass is 287 g/mol. The minimum absolute atomic E-state index is 0.0370. The predicted molar refractivity (Wildman–Crippen MR) is 78.6 cm³/mol. The van der Waals surface area contributed by atoms with Crippen molar-refractivity contribution in [1.82, 2.24) is 4.90 Å². The van der Waals surface area contributed by atoms with E-state index in [9.17, 15) is 9.59 Å². The fourth-order valence-electron chi connectivity index (χ4n) is 3.51. The Kier molecular flexibility index (Phi) is 3.70. The highest BCUT2D eigenvalue weighted by Crippen LogP contribution is 2.38. The van der Waals surface area contributed by atoms with Gasteiger partial charge in [-0.3, -0.25) is 9.59 Å². The highest BCUT2D eigenvalue weighted by atomic mass is 16.4. The largest absolute Gasteiger partial charge is 0.481 e. The average Bonchev–Trinajstić information content (AvgIpc) is 2.43. The molecule has 4 nitrogen and oxygen atoms in total. The molecule has 1 saturated carbocycles. The third kappa shape index (κ3) is 2.43. The van der Waals surface area contributed by atoms with Crippen LogP contribution >= 0.6 is 0 Å². The van der Waals surface area contributed by atoms with E-state index >= 15 is 0 Å². The van der Waals surface area contributed by atoms with Gasteiger partial charge < -0.3 is 10.0 Å². The second-order valence-electron chi connectivity index (χ2n) is 6.13. The molecule has 21 heavy (non-hydrogen) atoms. The first-order valence-corrected chi connectivity index (χ1v) is 7.72. The Bertz CT molecular complexity index is 569. The Balaban J connectivity index is 1.81. The van der Waals surface area contributed by atoms with E-state index in [4.69, 9.17) is 5.11 Å². The molecule has 0 radical (unpaired) electrons. The molecule has 3 unspecified atom stereocenters. The summed E-state index contributed by atoms with van der Waals surface area (Å²) >= 11 is 0. The zero-order valence-electron chi connectivity index (χ0n) is 12.3. The molecular formula is C17H21NO3. The van der Waals surface area contributed by atoms with Crippen molar-refractivity contribution in [2.45, 2.75) is 45.2 Å². The lowest BCUT2D eigenvalue weighted by atomic mass is 9.72. The molecule has 1 aliphatic carbocycles. The molecule has 1 fully saturated rings. The van der Waals surface area contributed by atoms with Crippen LogP contribution in [-0.4, -0.2) is 27.9 Å². The molecule has 3 atom stereocenters. The number of fused-ring (bicyclic) bond motifs is 1. The van der Waals surface area contributed by atoms with Crippen LogP contribution in [0.3, 0.4) is 0 Å². The van der Waals surface area contributed by atoms with Crippen LogP contribution in [0.15, 0.2) is 24.3 Å². The minimum atomic E-state index is -0.829. The normalized spacial score (nSPS) is 27.7. The molecule has 1 aromatic carbocycles. The molecule has 0 spiro atoms. The quantitative estimate of drug-likeness (QED) is 0.929. The molecule has 1 N–H and O–H groups in total. The summed E-state index contributed by atoms with van der Waals surface area (Å²) in [5.41, 5.74) is 2.51. The van der Waals surface area contributed by atoms with Crippen molar-refractivity contribution in [2.24, 2.45) is 11.8 Å². The predicted octanol–water partition coefficient (Wildman–Crippen LogP) is 2.46. The topological polar surface area (TPSA) is 57.6 Å². The third-order valence-electron chi connectivity index (χ3n) is 5.02. The Hall–Kier alpha value is -1.84. The highest BCUT2D eigenvalue weighted by Gasteiger charge is 2.44. The van der Waals surface area contributed by atoms with Crippen molar-refractivity contribution in [3.63, 3.8) is 0 Å². The molecule has 0 aromatic heterocycles. The van der Waals surface area contributed by atoms with Crippen molar-refractivity contribution in [3.05, 3.63) is 35.4 Å². The van der Waals surface area contributed by atoms with Gasteiger partial charge in [-0.25, -0.2) is 0 Å². The van der Waals surface area contributed by atoms with E-state index in [1.807, 2.05) is 17.0 Å². The number of carboxylic acid groups (broad SMARTS) is 1. The van der Waals surface area contributed by atoms with Gasteiger partial charge in [0, 0.05) is 12.6 Å². The van der Waals surface area contributed by atoms with E-state index in [0.717, 1.165) is 12.8 Å².